The van der Waals surface area contributed by atoms with E-state index in [0.717, 1.165) is 37.2 Å². The van der Waals surface area contributed by atoms with E-state index in [1.54, 1.807) is 24.0 Å². The monoisotopic (exact) mass is 529 g/mol. The number of hydrogen-bond donors (Lipinski definition) is 1. The van der Waals surface area contributed by atoms with Crippen LogP contribution in [0, 0.1) is 12.7 Å². The molecular weight excluding hydrogens is 500 g/mol. The number of aryl methyl sites for hydroxylation is 1. The van der Waals surface area contributed by atoms with Gasteiger partial charge in [-0.3, -0.25) is 4.90 Å². The normalized spacial score (nSPS) is 14.3. The van der Waals surface area contributed by atoms with Crippen LogP contribution in [0.25, 0.3) is 0 Å². The molecule has 1 fully saturated rings. The summed E-state index contributed by atoms with van der Waals surface area (Å²) in [7, 11) is 0. The zero-order valence-electron chi connectivity index (χ0n) is 20.2. The van der Waals surface area contributed by atoms with Gasteiger partial charge >= 0.3 is 6.03 Å². The molecule has 4 rings (SSSR count). The second kappa shape index (κ2) is 12.5. The fourth-order valence-electron chi connectivity index (χ4n) is 4.20. The Morgan fingerprint density at radius 1 is 0.944 bits per heavy atom. The molecule has 2 amide bonds. The molecule has 0 saturated carbocycles. The summed E-state index contributed by atoms with van der Waals surface area (Å²) in [6, 6.07) is 19.9. The maximum atomic E-state index is 13.8. The number of urea groups is 1. The molecule has 0 aromatic heterocycles. The van der Waals surface area contributed by atoms with E-state index in [1.807, 2.05) is 48.5 Å². The standard InChI is InChI=1S/C28H30Cl2FN3O2/c1-20-3-12-25(19-26(20)31)32-28(35)34-16-14-33(15-17-34)13-2-18-36-27(21-4-8-23(29)9-5-21)22-6-10-24(30)11-7-22/h3-12,19,27H,2,13-18H2,1H3,(H,32,35). The third kappa shape index (κ3) is 7.20. The van der Waals surface area contributed by atoms with E-state index in [2.05, 4.69) is 10.2 Å². The molecule has 0 bridgehead atoms. The van der Waals surface area contributed by atoms with E-state index in [-0.39, 0.29) is 18.0 Å². The largest absolute Gasteiger partial charge is 0.369 e. The van der Waals surface area contributed by atoms with Crippen molar-refractivity contribution in [2.24, 2.45) is 0 Å². The predicted molar refractivity (Wildman–Crippen MR) is 143 cm³/mol. The lowest BCUT2D eigenvalue weighted by molar-refractivity contribution is 0.0670. The maximum Gasteiger partial charge on any atom is 0.321 e. The van der Waals surface area contributed by atoms with Crippen LogP contribution in [-0.2, 0) is 4.74 Å². The van der Waals surface area contributed by atoms with E-state index >= 15 is 0 Å². The van der Waals surface area contributed by atoms with Gasteiger partial charge in [0.1, 0.15) is 11.9 Å². The summed E-state index contributed by atoms with van der Waals surface area (Å²) in [5, 5.41) is 4.16. The molecule has 0 radical (unpaired) electrons. The molecule has 190 valence electrons. The molecule has 3 aromatic rings. The summed E-state index contributed by atoms with van der Waals surface area (Å²) >= 11 is 12.1. The number of anilines is 1. The van der Waals surface area contributed by atoms with Crippen molar-refractivity contribution in [3.63, 3.8) is 0 Å². The van der Waals surface area contributed by atoms with Gasteiger partial charge in [-0.05, 0) is 66.4 Å². The number of carbonyl (C=O) groups is 1. The molecule has 1 N–H and O–H groups in total. The second-order valence-electron chi connectivity index (χ2n) is 8.93. The number of nitrogens with zero attached hydrogens (tertiary/aromatic N) is 2. The molecule has 0 atom stereocenters. The molecule has 1 aliphatic rings. The van der Waals surface area contributed by atoms with Crippen molar-refractivity contribution in [2.75, 3.05) is 44.6 Å². The smallest absolute Gasteiger partial charge is 0.321 e. The highest BCUT2D eigenvalue weighted by atomic mass is 35.5. The summed E-state index contributed by atoms with van der Waals surface area (Å²) in [5.74, 6) is -0.325. The van der Waals surface area contributed by atoms with Gasteiger partial charge in [-0.2, -0.15) is 0 Å². The Balaban J connectivity index is 1.23. The van der Waals surface area contributed by atoms with Crippen LogP contribution in [0.2, 0.25) is 10.0 Å². The Morgan fingerprint density at radius 3 is 2.08 bits per heavy atom. The van der Waals surface area contributed by atoms with Crippen LogP contribution in [-0.4, -0.2) is 55.2 Å². The average Bonchev–Trinajstić information content (AvgIpc) is 2.88. The Kier molecular flexibility index (Phi) is 9.21. The van der Waals surface area contributed by atoms with E-state index < -0.39 is 0 Å². The number of amides is 2. The number of nitrogens with one attached hydrogen (secondary N) is 1. The highest BCUT2D eigenvalue weighted by Crippen LogP contribution is 2.28. The van der Waals surface area contributed by atoms with Crippen LogP contribution in [0.3, 0.4) is 0 Å². The molecule has 0 spiro atoms. The lowest BCUT2D eigenvalue weighted by atomic mass is 10.0. The first-order chi connectivity index (χ1) is 17.4. The molecule has 0 aliphatic carbocycles. The number of halogens is 3. The maximum absolute atomic E-state index is 13.8. The van der Waals surface area contributed by atoms with Crippen LogP contribution in [0.15, 0.2) is 66.7 Å². The summed E-state index contributed by atoms with van der Waals surface area (Å²) in [6.07, 6.45) is 0.665. The number of piperazine rings is 1. The van der Waals surface area contributed by atoms with E-state index in [4.69, 9.17) is 27.9 Å². The summed E-state index contributed by atoms with van der Waals surface area (Å²) in [5.41, 5.74) is 3.10. The zero-order chi connectivity index (χ0) is 25.5. The molecule has 1 aliphatic heterocycles. The van der Waals surface area contributed by atoms with Gasteiger partial charge in [-0.25, -0.2) is 9.18 Å². The lowest BCUT2D eigenvalue weighted by Crippen LogP contribution is -2.50. The molecule has 1 saturated heterocycles. The van der Waals surface area contributed by atoms with Crippen LogP contribution in [0.4, 0.5) is 14.9 Å². The molecule has 3 aromatic carbocycles. The van der Waals surface area contributed by atoms with Crippen molar-refractivity contribution in [2.45, 2.75) is 19.4 Å². The van der Waals surface area contributed by atoms with Crippen LogP contribution >= 0.6 is 23.2 Å². The number of rotatable bonds is 8. The molecule has 1 heterocycles. The summed E-state index contributed by atoms with van der Waals surface area (Å²) in [4.78, 5) is 16.7. The van der Waals surface area contributed by atoms with Gasteiger partial charge in [0.25, 0.3) is 0 Å². The molecule has 5 nitrogen and oxygen atoms in total. The fourth-order valence-corrected chi connectivity index (χ4v) is 4.45. The van der Waals surface area contributed by atoms with Crippen molar-refractivity contribution < 1.29 is 13.9 Å². The lowest BCUT2D eigenvalue weighted by Gasteiger charge is -2.34. The van der Waals surface area contributed by atoms with Gasteiger partial charge in [0, 0.05) is 55.1 Å². The quantitative estimate of drug-likeness (QED) is 0.327. The topological polar surface area (TPSA) is 44.8 Å². The Labute approximate surface area is 221 Å². The zero-order valence-corrected chi connectivity index (χ0v) is 21.7. The highest BCUT2D eigenvalue weighted by molar-refractivity contribution is 6.30. The molecule has 8 heteroatoms. The minimum Gasteiger partial charge on any atom is -0.369 e. The predicted octanol–water partition coefficient (Wildman–Crippen LogP) is 6.79. The van der Waals surface area contributed by atoms with Gasteiger partial charge in [0.15, 0.2) is 0 Å². The number of ether oxygens (including phenoxy) is 1. The van der Waals surface area contributed by atoms with Crippen molar-refractivity contribution >= 4 is 34.9 Å². The van der Waals surface area contributed by atoms with Crippen molar-refractivity contribution in [1.29, 1.82) is 0 Å². The van der Waals surface area contributed by atoms with Gasteiger partial charge in [-0.15, -0.1) is 0 Å². The second-order valence-corrected chi connectivity index (χ2v) is 9.80. The SMILES string of the molecule is Cc1ccc(NC(=O)N2CCN(CCCOC(c3ccc(Cl)cc3)c3ccc(Cl)cc3)CC2)cc1F. The van der Waals surface area contributed by atoms with Crippen molar-refractivity contribution in [3.05, 3.63) is 99.3 Å². The first kappa shape index (κ1) is 26.4. The van der Waals surface area contributed by atoms with Crippen molar-refractivity contribution in [1.82, 2.24) is 9.80 Å². The highest BCUT2D eigenvalue weighted by Gasteiger charge is 2.21. The number of carbonyl (C=O) groups excluding carboxylic acids is 1. The van der Waals surface area contributed by atoms with Crippen LogP contribution < -0.4 is 5.32 Å². The summed E-state index contributed by atoms with van der Waals surface area (Å²) in [6.45, 7) is 5.99. The Morgan fingerprint density at radius 2 is 1.53 bits per heavy atom. The average molecular weight is 530 g/mol. The van der Waals surface area contributed by atoms with Gasteiger partial charge in [0.2, 0.25) is 0 Å². The Bertz CT molecular complexity index is 1100. The minimum atomic E-state index is -0.325. The minimum absolute atomic E-state index is 0.199. The Hall–Kier alpha value is -2.64. The van der Waals surface area contributed by atoms with Crippen LogP contribution in [0.1, 0.15) is 29.2 Å². The van der Waals surface area contributed by atoms with E-state index in [9.17, 15) is 9.18 Å². The third-order valence-corrected chi connectivity index (χ3v) is 6.84. The van der Waals surface area contributed by atoms with Crippen molar-refractivity contribution in [3.8, 4) is 0 Å². The first-order valence-corrected chi connectivity index (χ1v) is 12.8. The fraction of sp³-hybridized carbons (Fsp3) is 0.321. The van der Waals surface area contributed by atoms with E-state index in [0.29, 0.717) is 41.0 Å². The third-order valence-electron chi connectivity index (χ3n) is 6.33. The first-order valence-electron chi connectivity index (χ1n) is 12.1. The molecule has 0 unspecified atom stereocenters. The van der Waals surface area contributed by atoms with Crippen LogP contribution in [0.5, 0.6) is 0 Å². The molecule has 36 heavy (non-hydrogen) atoms. The van der Waals surface area contributed by atoms with Gasteiger partial charge in [0.05, 0.1) is 0 Å². The van der Waals surface area contributed by atoms with E-state index in [1.165, 1.54) is 6.07 Å². The summed E-state index contributed by atoms with van der Waals surface area (Å²) < 4.78 is 20.1. The number of hydrogen-bond acceptors (Lipinski definition) is 3. The molecular formula is C28H30Cl2FN3O2. The van der Waals surface area contributed by atoms with Gasteiger partial charge in [-0.1, -0.05) is 53.5 Å². The van der Waals surface area contributed by atoms with Gasteiger partial charge < -0.3 is 15.0 Å². The number of benzene rings is 3.